The van der Waals surface area contributed by atoms with Crippen LogP contribution in [0, 0.1) is 13.8 Å². The zero-order valence-electron chi connectivity index (χ0n) is 20.1. The Balaban J connectivity index is 1.40. The lowest BCUT2D eigenvalue weighted by Crippen LogP contribution is -2.26. The standard InChI is InChI=1S/C29H31N3O2/c1-4-22-12-14-24(15-13-22)34-17-16-31-26-11-6-5-10-25(26)30-29(31)23-18-27(33)32(19-23)28-20(2)8-7-9-21(28)3/h5-15,23H,4,16-19H2,1-3H3/t23-/m1/s1. The van der Waals surface area contributed by atoms with Crippen molar-refractivity contribution in [3.63, 3.8) is 0 Å². The molecular formula is C29H31N3O2. The predicted octanol–water partition coefficient (Wildman–Crippen LogP) is 5.82. The van der Waals surface area contributed by atoms with E-state index in [1.807, 2.05) is 41.3 Å². The summed E-state index contributed by atoms with van der Waals surface area (Å²) in [6.07, 6.45) is 1.49. The highest BCUT2D eigenvalue weighted by Gasteiger charge is 2.35. The molecule has 5 rings (SSSR count). The normalized spacial score (nSPS) is 15.9. The molecule has 0 radical (unpaired) electrons. The molecule has 5 nitrogen and oxygen atoms in total. The number of benzene rings is 3. The average Bonchev–Trinajstić information content (AvgIpc) is 3.40. The van der Waals surface area contributed by atoms with Crippen molar-refractivity contribution in [2.75, 3.05) is 18.1 Å². The van der Waals surface area contributed by atoms with E-state index in [1.165, 1.54) is 5.56 Å². The molecule has 0 bridgehead atoms. The number of nitrogens with zero attached hydrogens (tertiary/aromatic N) is 3. The van der Waals surface area contributed by atoms with E-state index in [0.29, 0.717) is 26.1 Å². The molecule has 0 spiro atoms. The summed E-state index contributed by atoms with van der Waals surface area (Å²) >= 11 is 0. The molecule has 1 aromatic heterocycles. The molecule has 3 aromatic carbocycles. The lowest BCUT2D eigenvalue weighted by molar-refractivity contribution is -0.117. The van der Waals surface area contributed by atoms with Crippen LogP contribution >= 0.6 is 0 Å². The number of carbonyl (C=O) groups excluding carboxylic acids is 1. The van der Waals surface area contributed by atoms with Crippen LogP contribution in [0.25, 0.3) is 11.0 Å². The third-order valence-electron chi connectivity index (χ3n) is 6.80. The van der Waals surface area contributed by atoms with Gasteiger partial charge >= 0.3 is 0 Å². The molecule has 1 aliphatic rings. The molecule has 1 amide bonds. The number of aromatic nitrogens is 2. The fraction of sp³-hybridized carbons (Fsp3) is 0.310. The minimum Gasteiger partial charge on any atom is -0.492 e. The van der Waals surface area contributed by atoms with Crippen molar-refractivity contribution in [3.8, 4) is 5.75 Å². The monoisotopic (exact) mass is 453 g/mol. The first-order valence-electron chi connectivity index (χ1n) is 12.1. The molecule has 0 aliphatic carbocycles. The Hall–Kier alpha value is -3.60. The lowest BCUT2D eigenvalue weighted by Gasteiger charge is -2.21. The Morgan fingerprint density at radius 3 is 2.44 bits per heavy atom. The van der Waals surface area contributed by atoms with Crippen LogP contribution in [-0.4, -0.2) is 28.6 Å². The van der Waals surface area contributed by atoms with Crippen LogP contribution in [0.5, 0.6) is 5.75 Å². The number of amides is 1. The second-order valence-corrected chi connectivity index (χ2v) is 9.10. The molecule has 1 atom stereocenters. The number of imidazole rings is 1. The van der Waals surface area contributed by atoms with Gasteiger partial charge in [0.2, 0.25) is 5.91 Å². The van der Waals surface area contributed by atoms with Crippen LogP contribution in [0.2, 0.25) is 0 Å². The molecule has 174 valence electrons. The number of para-hydroxylation sites is 3. The molecule has 5 heteroatoms. The van der Waals surface area contributed by atoms with Crippen LogP contribution in [0.15, 0.2) is 66.7 Å². The van der Waals surface area contributed by atoms with Crippen LogP contribution in [0.1, 0.15) is 41.8 Å². The maximum Gasteiger partial charge on any atom is 0.227 e. The molecular weight excluding hydrogens is 422 g/mol. The molecule has 2 heterocycles. The first-order valence-corrected chi connectivity index (χ1v) is 12.1. The molecule has 0 unspecified atom stereocenters. The van der Waals surface area contributed by atoms with E-state index in [1.54, 1.807) is 0 Å². The van der Waals surface area contributed by atoms with Gasteiger partial charge in [0, 0.05) is 24.6 Å². The highest BCUT2D eigenvalue weighted by molar-refractivity contribution is 5.98. The van der Waals surface area contributed by atoms with Gasteiger partial charge in [-0.1, -0.05) is 49.4 Å². The minimum atomic E-state index is 0.0442. The SMILES string of the molecule is CCc1ccc(OCCn2c([C@@H]3CC(=O)N(c4c(C)cccc4C)C3)nc3ccccc32)cc1. The van der Waals surface area contributed by atoms with E-state index < -0.39 is 0 Å². The number of aryl methyl sites for hydroxylation is 3. The third-order valence-corrected chi connectivity index (χ3v) is 6.80. The average molecular weight is 454 g/mol. The quantitative estimate of drug-likeness (QED) is 0.354. The highest BCUT2D eigenvalue weighted by atomic mass is 16.5. The van der Waals surface area contributed by atoms with Gasteiger partial charge in [0.05, 0.1) is 17.6 Å². The maximum absolute atomic E-state index is 13.1. The summed E-state index contributed by atoms with van der Waals surface area (Å²) in [5, 5.41) is 0. The topological polar surface area (TPSA) is 47.4 Å². The Labute approximate surface area is 201 Å². The van der Waals surface area contributed by atoms with Gasteiger partial charge in [-0.25, -0.2) is 4.98 Å². The van der Waals surface area contributed by atoms with Crippen molar-refractivity contribution in [1.29, 1.82) is 0 Å². The zero-order chi connectivity index (χ0) is 23.7. The van der Waals surface area contributed by atoms with Gasteiger partial charge in [0.15, 0.2) is 0 Å². The summed E-state index contributed by atoms with van der Waals surface area (Å²) in [5.41, 5.74) is 6.64. The summed E-state index contributed by atoms with van der Waals surface area (Å²) in [7, 11) is 0. The summed E-state index contributed by atoms with van der Waals surface area (Å²) in [4.78, 5) is 20.0. The molecule has 1 aliphatic heterocycles. The zero-order valence-corrected chi connectivity index (χ0v) is 20.1. The van der Waals surface area contributed by atoms with E-state index in [0.717, 1.165) is 45.8 Å². The highest BCUT2D eigenvalue weighted by Crippen LogP contribution is 2.36. The largest absolute Gasteiger partial charge is 0.492 e. The van der Waals surface area contributed by atoms with Crippen molar-refractivity contribution < 1.29 is 9.53 Å². The Morgan fingerprint density at radius 1 is 0.971 bits per heavy atom. The van der Waals surface area contributed by atoms with Gasteiger partial charge in [-0.3, -0.25) is 4.79 Å². The number of ether oxygens (including phenoxy) is 1. The minimum absolute atomic E-state index is 0.0442. The second kappa shape index (κ2) is 9.34. The van der Waals surface area contributed by atoms with Crippen molar-refractivity contribution in [2.24, 2.45) is 0 Å². The fourth-order valence-corrected chi connectivity index (χ4v) is 5.05. The number of hydrogen-bond donors (Lipinski definition) is 0. The summed E-state index contributed by atoms with van der Waals surface area (Å²) in [6, 6.07) is 22.7. The van der Waals surface area contributed by atoms with Gasteiger partial charge in [0.25, 0.3) is 0 Å². The number of rotatable bonds is 7. The number of anilines is 1. The van der Waals surface area contributed by atoms with Crippen molar-refractivity contribution in [1.82, 2.24) is 9.55 Å². The molecule has 0 N–H and O–H groups in total. The number of fused-ring (bicyclic) bond motifs is 1. The summed E-state index contributed by atoms with van der Waals surface area (Å²) in [5.74, 6) is 2.05. The Bertz CT molecular complexity index is 1300. The fourth-order valence-electron chi connectivity index (χ4n) is 5.05. The third kappa shape index (κ3) is 4.18. The van der Waals surface area contributed by atoms with Gasteiger partial charge in [-0.2, -0.15) is 0 Å². The van der Waals surface area contributed by atoms with E-state index in [-0.39, 0.29) is 11.8 Å². The Kier molecular flexibility index (Phi) is 6.10. The smallest absolute Gasteiger partial charge is 0.227 e. The second-order valence-electron chi connectivity index (χ2n) is 9.10. The van der Waals surface area contributed by atoms with Crippen molar-refractivity contribution in [2.45, 2.75) is 46.1 Å². The Morgan fingerprint density at radius 2 is 1.71 bits per heavy atom. The molecule has 34 heavy (non-hydrogen) atoms. The lowest BCUT2D eigenvalue weighted by atomic mass is 10.1. The predicted molar refractivity (Wildman–Crippen MR) is 137 cm³/mol. The summed E-state index contributed by atoms with van der Waals surface area (Å²) in [6.45, 7) is 8.16. The first-order chi connectivity index (χ1) is 16.5. The van der Waals surface area contributed by atoms with E-state index in [9.17, 15) is 4.79 Å². The molecule has 0 saturated carbocycles. The van der Waals surface area contributed by atoms with Crippen molar-refractivity contribution >= 4 is 22.6 Å². The molecule has 4 aromatic rings. The van der Waals surface area contributed by atoms with Crippen LogP contribution in [-0.2, 0) is 17.8 Å². The van der Waals surface area contributed by atoms with Gasteiger partial charge in [0.1, 0.15) is 18.2 Å². The van der Waals surface area contributed by atoms with E-state index >= 15 is 0 Å². The van der Waals surface area contributed by atoms with Gasteiger partial charge < -0.3 is 14.2 Å². The van der Waals surface area contributed by atoms with E-state index in [2.05, 4.69) is 55.7 Å². The number of carbonyl (C=O) groups is 1. The summed E-state index contributed by atoms with van der Waals surface area (Å²) < 4.78 is 8.30. The van der Waals surface area contributed by atoms with Crippen molar-refractivity contribution in [3.05, 3.63) is 89.2 Å². The van der Waals surface area contributed by atoms with Crippen LogP contribution < -0.4 is 9.64 Å². The number of hydrogen-bond acceptors (Lipinski definition) is 3. The van der Waals surface area contributed by atoms with E-state index in [4.69, 9.17) is 9.72 Å². The van der Waals surface area contributed by atoms with Gasteiger partial charge in [-0.05, 0) is 61.2 Å². The first kappa shape index (κ1) is 22.2. The van der Waals surface area contributed by atoms with Gasteiger partial charge in [-0.15, -0.1) is 0 Å². The molecule has 1 fully saturated rings. The van der Waals surface area contributed by atoms with Crippen LogP contribution in [0.4, 0.5) is 5.69 Å². The van der Waals surface area contributed by atoms with Crippen LogP contribution in [0.3, 0.4) is 0 Å². The maximum atomic E-state index is 13.1. The molecule has 1 saturated heterocycles.